The summed E-state index contributed by atoms with van der Waals surface area (Å²) < 4.78 is 7.92. The molecule has 4 aromatic rings. The second-order valence-corrected chi connectivity index (χ2v) is 7.60. The molecule has 7 nitrogen and oxygen atoms in total. The van der Waals surface area contributed by atoms with Gasteiger partial charge in [0.15, 0.2) is 0 Å². The molecule has 28 heavy (non-hydrogen) atoms. The molecule has 2 aromatic carbocycles. The molecule has 5 rings (SSSR count). The molecule has 3 heterocycles. The maximum atomic E-state index is 12.4. The van der Waals surface area contributed by atoms with Crippen molar-refractivity contribution in [2.45, 2.75) is 12.3 Å². The Morgan fingerprint density at radius 2 is 2.18 bits per heavy atom. The Balaban J connectivity index is 1.61. The van der Waals surface area contributed by atoms with Gasteiger partial charge in [0.05, 0.1) is 23.5 Å². The van der Waals surface area contributed by atoms with Crippen LogP contribution in [0.15, 0.2) is 48.7 Å². The minimum atomic E-state index is -0.168. The molecule has 0 bridgehead atoms. The van der Waals surface area contributed by atoms with Gasteiger partial charge in [-0.15, -0.1) is 0 Å². The van der Waals surface area contributed by atoms with Gasteiger partial charge in [-0.05, 0) is 35.9 Å². The van der Waals surface area contributed by atoms with Crippen LogP contribution in [0.5, 0.6) is 11.5 Å². The first kappa shape index (κ1) is 16.8. The van der Waals surface area contributed by atoms with Crippen LogP contribution >= 0.6 is 11.3 Å². The van der Waals surface area contributed by atoms with Gasteiger partial charge < -0.3 is 15.2 Å². The van der Waals surface area contributed by atoms with Gasteiger partial charge in [-0.2, -0.15) is 9.78 Å². The number of aromatic nitrogens is 3. The van der Waals surface area contributed by atoms with E-state index in [0.717, 1.165) is 27.1 Å². The lowest BCUT2D eigenvalue weighted by Crippen LogP contribution is -2.24. The number of hydrogen-bond donors (Lipinski definition) is 2. The Morgan fingerprint density at radius 1 is 1.29 bits per heavy atom. The van der Waals surface area contributed by atoms with Gasteiger partial charge in [0.2, 0.25) is 11.0 Å². The van der Waals surface area contributed by atoms with E-state index in [1.165, 1.54) is 11.3 Å². The van der Waals surface area contributed by atoms with Crippen LogP contribution in [0.2, 0.25) is 0 Å². The molecule has 1 amide bonds. The number of methoxy groups -OCH3 is 1. The lowest BCUT2D eigenvalue weighted by Gasteiger charge is -2.23. The number of ether oxygens (including phenoxy) is 1. The number of phenols is 1. The molecule has 0 spiro atoms. The molecule has 1 unspecified atom stereocenters. The fraction of sp³-hybridized carbons (Fsp3) is 0.150. The Morgan fingerprint density at radius 3 is 3.00 bits per heavy atom. The highest BCUT2D eigenvalue weighted by Crippen LogP contribution is 2.39. The zero-order valence-electron chi connectivity index (χ0n) is 14.9. The SMILES string of the molecule is COc1ccc2nc(-n3ncc4c3NC(=O)CC4c3cccc(O)c3)sc2c1. The average Bonchev–Trinajstić information content (AvgIpc) is 3.30. The number of carbonyl (C=O) groups is 1. The van der Waals surface area contributed by atoms with E-state index in [2.05, 4.69) is 15.4 Å². The van der Waals surface area contributed by atoms with E-state index < -0.39 is 0 Å². The minimum Gasteiger partial charge on any atom is -0.508 e. The number of benzene rings is 2. The van der Waals surface area contributed by atoms with E-state index in [4.69, 9.17) is 4.74 Å². The summed E-state index contributed by atoms with van der Waals surface area (Å²) >= 11 is 1.48. The van der Waals surface area contributed by atoms with E-state index in [-0.39, 0.29) is 17.6 Å². The molecule has 1 aliphatic heterocycles. The predicted octanol–water partition coefficient (Wildman–Crippen LogP) is 3.67. The topological polar surface area (TPSA) is 89.3 Å². The highest BCUT2D eigenvalue weighted by atomic mass is 32.1. The van der Waals surface area contributed by atoms with Crippen molar-refractivity contribution in [3.05, 3.63) is 59.8 Å². The number of nitrogens with zero attached hydrogens (tertiary/aromatic N) is 3. The highest BCUT2D eigenvalue weighted by Gasteiger charge is 2.31. The van der Waals surface area contributed by atoms with Crippen molar-refractivity contribution in [1.29, 1.82) is 0 Å². The number of phenolic OH excluding ortho intramolecular Hbond substituents is 1. The first-order valence-electron chi connectivity index (χ1n) is 8.74. The molecule has 0 fully saturated rings. The largest absolute Gasteiger partial charge is 0.508 e. The molecule has 1 atom stereocenters. The monoisotopic (exact) mass is 392 g/mol. The summed E-state index contributed by atoms with van der Waals surface area (Å²) in [5, 5.41) is 17.9. The van der Waals surface area contributed by atoms with E-state index in [9.17, 15) is 9.90 Å². The summed E-state index contributed by atoms with van der Waals surface area (Å²) in [6.07, 6.45) is 2.06. The summed E-state index contributed by atoms with van der Waals surface area (Å²) in [6, 6.07) is 12.7. The van der Waals surface area contributed by atoms with E-state index in [1.807, 2.05) is 24.3 Å². The van der Waals surface area contributed by atoms with Crippen molar-refractivity contribution in [2.24, 2.45) is 0 Å². The Kier molecular flexibility index (Phi) is 3.80. The first-order valence-corrected chi connectivity index (χ1v) is 9.55. The quantitative estimate of drug-likeness (QED) is 0.555. The Bertz CT molecular complexity index is 1210. The van der Waals surface area contributed by atoms with Crippen LogP contribution in [0.25, 0.3) is 15.3 Å². The van der Waals surface area contributed by atoms with Gasteiger partial charge in [0.1, 0.15) is 17.3 Å². The normalized spacial score (nSPS) is 16.0. The number of rotatable bonds is 3. The zero-order chi connectivity index (χ0) is 19.3. The maximum Gasteiger partial charge on any atom is 0.226 e. The van der Waals surface area contributed by atoms with Gasteiger partial charge in [0, 0.05) is 17.9 Å². The van der Waals surface area contributed by atoms with E-state index in [0.29, 0.717) is 17.4 Å². The van der Waals surface area contributed by atoms with Crippen molar-refractivity contribution in [3.8, 4) is 16.6 Å². The van der Waals surface area contributed by atoms with Crippen LogP contribution in [0.4, 0.5) is 5.82 Å². The molecular formula is C20H16N4O3S. The lowest BCUT2D eigenvalue weighted by atomic mass is 9.87. The number of aromatic hydroxyl groups is 1. The van der Waals surface area contributed by atoms with Gasteiger partial charge in [0.25, 0.3) is 0 Å². The lowest BCUT2D eigenvalue weighted by molar-refractivity contribution is -0.116. The zero-order valence-corrected chi connectivity index (χ0v) is 15.7. The highest BCUT2D eigenvalue weighted by molar-refractivity contribution is 7.20. The van der Waals surface area contributed by atoms with E-state index in [1.54, 1.807) is 36.2 Å². The molecule has 0 saturated carbocycles. The molecule has 140 valence electrons. The number of fused-ring (bicyclic) bond motifs is 2. The fourth-order valence-corrected chi connectivity index (χ4v) is 4.47. The average molecular weight is 392 g/mol. The van der Waals surface area contributed by atoms with Gasteiger partial charge >= 0.3 is 0 Å². The fourth-order valence-electron chi connectivity index (χ4n) is 3.51. The molecule has 0 radical (unpaired) electrons. The standard InChI is InChI=1S/C20H16N4O3S/c1-27-13-5-6-16-17(8-13)28-20(22-16)24-19-15(10-21-24)14(9-18(26)23-19)11-3-2-4-12(25)7-11/h2-8,10,14,25H,9H2,1H3,(H,23,26). The maximum absolute atomic E-state index is 12.4. The van der Waals surface area contributed by atoms with Crippen molar-refractivity contribution >= 4 is 33.3 Å². The number of thiazole rings is 1. The molecule has 0 saturated heterocycles. The van der Waals surface area contributed by atoms with Crippen molar-refractivity contribution in [1.82, 2.24) is 14.8 Å². The van der Waals surface area contributed by atoms with Gasteiger partial charge in [-0.3, -0.25) is 4.79 Å². The number of hydrogen-bond acceptors (Lipinski definition) is 6. The van der Waals surface area contributed by atoms with Crippen LogP contribution in [0.1, 0.15) is 23.5 Å². The first-order chi connectivity index (χ1) is 13.6. The third-order valence-electron chi connectivity index (χ3n) is 4.86. The van der Waals surface area contributed by atoms with Crippen LogP contribution in [0, 0.1) is 0 Å². The predicted molar refractivity (Wildman–Crippen MR) is 106 cm³/mol. The second-order valence-electron chi connectivity index (χ2n) is 6.59. The van der Waals surface area contributed by atoms with E-state index >= 15 is 0 Å². The van der Waals surface area contributed by atoms with Crippen LogP contribution in [-0.2, 0) is 4.79 Å². The van der Waals surface area contributed by atoms with Crippen LogP contribution < -0.4 is 10.1 Å². The minimum absolute atomic E-state index is 0.0922. The Hall–Kier alpha value is -3.39. The van der Waals surface area contributed by atoms with Crippen molar-refractivity contribution in [3.63, 3.8) is 0 Å². The third-order valence-corrected chi connectivity index (χ3v) is 5.85. The summed E-state index contributed by atoms with van der Waals surface area (Å²) in [4.78, 5) is 17.0. The summed E-state index contributed by atoms with van der Waals surface area (Å²) in [6.45, 7) is 0. The Labute approximate surface area is 164 Å². The van der Waals surface area contributed by atoms with Crippen molar-refractivity contribution in [2.75, 3.05) is 12.4 Å². The molecule has 2 N–H and O–H groups in total. The van der Waals surface area contributed by atoms with Gasteiger partial charge in [-0.25, -0.2) is 4.98 Å². The summed E-state index contributed by atoms with van der Waals surface area (Å²) in [5.74, 6) is 1.31. The molecular weight excluding hydrogens is 376 g/mol. The van der Waals surface area contributed by atoms with Crippen LogP contribution in [-0.4, -0.2) is 32.9 Å². The molecule has 2 aromatic heterocycles. The summed E-state index contributed by atoms with van der Waals surface area (Å²) in [5.41, 5.74) is 2.63. The number of amides is 1. The number of anilines is 1. The smallest absolute Gasteiger partial charge is 0.226 e. The molecule has 8 heteroatoms. The number of carbonyl (C=O) groups excluding carboxylic acids is 1. The van der Waals surface area contributed by atoms with Crippen LogP contribution in [0.3, 0.4) is 0 Å². The second kappa shape index (κ2) is 6.35. The molecule has 0 aliphatic carbocycles. The third kappa shape index (κ3) is 2.69. The summed E-state index contributed by atoms with van der Waals surface area (Å²) in [7, 11) is 1.63. The number of nitrogens with one attached hydrogen (secondary N) is 1. The molecule has 1 aliphatic rings. The van der Waals surface area contributed by atoms with Crippen molar-refractivity contribution < 1.29 is 14.6 Å². The van der Waals surface area contributed by atoms with Gasteiger partial charge in [-0.1, -0.05) is 23.5 Å².